The fourth-order valence-corrected chi connectivity index (χ4v) is 1.87. The van der Waals surface area contributed by atoms with E-state index in [9.17, 15) is 0 Å². The summed E-state index contributed by atoms with van der Waals surface area (Å²) in [6.45, 7) is 6.11. The first-order valence-electron chi connectivity index (χ1n) is 6.81. The van der Waals surface area contributed by atoms with E-state index in [1.807, 2.05) is 24.3 Å². The van der Waals surface area contributed by atoms with Crippen LogP contribution in [0.3, 0.4) is 0 Å². The fourth-order valence-electron chi connectivity index (χ4n) is 1.87. The van der Waals surface area contributed by atoms with Gasteiger partial charge in [-0.2, -0.15) is 0 Å². The molecule has 0 spiro atoms. The summed E-state index contributed by atoms with van der Waals surface area (Å²) < 4.78 is 11.1. The van der Waals surface area contributed by atoms with E-state index in [2.05, 4.69) is 19.2 Å². The average molecular weight is 251 g/mol. The topological polar surface area (TPSA) is 30.5 Å². The van der Waals surface area contributed by atoms with Crippen LogP contribution in [0.4, 0.5) is 0 Å². The van der Waals surface area contributed by atoms with E-state index in [0.29, 0.717) is 12.6 Å². The summed E-state index contributed by atoms with van der Waals surface area (Å²) >= 11 is 0. The molecule has 0 bridgehead atoms. The molecule has 1 rings (SSSR count). The van der Waals surface area contributed by atoms with Crippen LogP contribution in [0.5, 0.6) is 11.5 Å². The third kappa shape index (κ3) is 4.96. The Bertz CT molecular complexity index is 328. The van der Waals surface area contributed by atoms with Crippen molar-refractivity contribution in [3.05, 3.63) is 24.3 Å². The molecule has 0 fully saturated rings. The van der Waals surface area contributed by atoms with Crippen LogP contribution in [0.25, 0.3) is 0 Å². The van der Waals surface area contributed by atoms with Crippen LogP contribution in [0.15, 0.2) is 24.3 Å². The lowest BCUT2D eigenvalue weighted by molar-refractivity contribution is 0.245. The number of rotatable bonds is 9. The van der Waals surface area contributed by atoms with Crippen molar-refractivity contribution in [2.24, 2.45) is 0 Å². The molecule has 0 saturated carbocycles. The second-order valence-electron chi connectivity index (χ2n) is 4.40. The molecule has 102 valence electrons. The summed E-state index contributed by atoms with van der Waals surface area (Å²) in [7, 11) is 1.67. The van der Waals surface area contributed by atoms with Crippen LogP contribution in [-0.2, 0) is 0 Å². The molecule has 0 amide bonds. The lowest BCUT2D eigenvalue weighted by Crippen LogP contribution is -2.35. The molecule has 1 aromatic rings. The van der Waals surface area contributed by atoms with Crippen LogP contribution in [-0.4, -0.2) is 26.3 Å². The SMILES string of the molecule is CCCNC(CCC)COc1ccccc1OC. The number of ether oxygens (including phenoxy) is 2. The van der Waals surface area contributed by atoms with Crippen molar-refractivity contribution < 1.29 is 9.47 Å². The van der Waals surface area contributed by atoms with Crippen molar-refractivity contribution >= 4 is 0 Å². The lowest BCUT2D eigenvalue weighted by Gasteiger charge is -2.19. The molecular formula is C15H25NO2. The molecule has 3 nitrogen and oxygen atoms in total. The summed E-state index contributed by atoms with van der Waals surface area (Å²) in [5, 5.41) is 3.51. The first kappa shape index (κ1) is 14.8. The highest BCUT2D eigenvalue weighted by Crippen LogP contribution is 2.25. The molecule has 0 aliphatic carbocycles. The molecule has 0 aliphatic heterocycles. The van der Waals surface area contributed by atoms with Crippen LogP contribution >= 0.6 is 0 Å². The number of hydrogen-bond donors (Lipinski definition) is 1. The average Bonchev–Trinajstić information content (AvgIpc) is 2.42. The number of nitrogens with one attached hydrogen (secondary N) is 1. The number of para-hydroxylation sites is 2. The molecule has 18 heavy (non-hydrogen) atoms. The highest BCUT2D eigenvalue weighted by Gasteiger charge is 2.09. The molecule has 1 unspecified atom stereocenters. The molecular weight excluding hydrogens is 226 g/mol. The van der Waals surface area contributed by atoms with Crippen LogP contribution < -0.4 is 14.8 Å². The van der Waals surface area contributed by atoms with E-state index in [0.717, 1.165) is 37.3 Å². The maximum absolute atomic E-state index is 5.85. The molecule has 1 atom stereocenters. The monoisotopic (exact) mass is 251 g/mol. The van der Waals surface area contributed by atoms with Crippen molar-refractivity contribution in [1.29, 1.82) is 0 Å². The second kappa shape index (κ2) is 8.81. The summed E-state index contributed by atoms with van der Waals surface area (Å²) in [4.78, 5) is 0. The second-order valence-corrected chi connectivity index (χ2v) is 4.40. The highest BCUT2D eigenvalue weighted by molar-refractivity contribution is 5.39. The summed E-state index contributed by atoms with van der Waals surface area (Å²) in [5.74, 6) is 1.61. The van der Waals surface area contributed by atoms with Gasteiger partial charge in [-0.25, -0.2) is 0 Å². The standard InChI is InChI=1S/C15H25NO2/c1-4-8-13(16-11-5-2)12-18-15-10-7-6-9-14(15)17-3/h6-7,9-10,13,16H,4-5,8,11-12H2,1-3H3. The largest absolute Gasteiger partial charge is 0.493 e. The Labute approximate surface area is 110 Å². The van der Waals surface area contributed by atoms with Crippen molar-refractivity contribution in [2.45, 2.75) is 39.2 Å². The normalized spacial score (nSPS) is 12.2. The number of methoxy groups -OCH3 is 1. The maximum atomic E-state index is 5.85. The molecule has 1 aromatic carbocycles. The fraction of sp³-hybridized carbons (Fsp3) is 0.600. The minimum atomic E-state index is 0.417. The van der Waals surface area contributed by atoms with Gasteiger partial charge < -0.3 is 14.8 Å². The Kier molecular flexibility index (Phi) is 7.26. The molecule has 0 saturated heterocycles. The van der Waals surface area contributed by atoms with Gasteiger partial charge in [0.1, 0.15) is 6.61 Å². The summed E-state index contributed by atoms with van der Waals surface area (Å²) in [5.41, 5.74) is 0. The van der Waals surface area contributed by atoms with E-state index in [-0.39, 0.29) is 0 Å². The van der Waals surface area contributed by atoms with E-state index in [1.165, 1.54) is 0 Å². The van der Waals surface area contributed by atoms with Gasteiger partial charge in [0.15, 0.2) is 11.5 Å². The van der Waals surface area contributed by atoms with Gasteiger partial charge in [-0.1, -0.05) is 32.4 Å². The van der Waals surface area contributed by atoms with Crippen molar-refractivity contribution in [3.63, 3.8) is 0 Å². The van der Waals surface area contributed by atoms with Crippen LogP contribution in [0.1, 0.15) is 33.1 Å². The minimum Gasteiger partial charge on any atom is -0.493 e. The predicted molar refractivity (Wildman–Crippen MR) is 75.5 cm³/mol. The Balaban J connectivity index is 2.49. The number of benzene rings is 1. The van der Waals surface area contributed by atoms with Gasteiger partial charge in [-0.05, 0) is 31.5 Å². The first-order valence-corrected chi connectivity index (χ1v) is 6.81. The van der Waals surface area contributed by atoms with Crippen LogP contribution in [0, 0.1) is 0 Å². The molecule has 0 radical (unpaired) electrons. The van der Waals surface area contributed by atoms with Gasteiger partial charge in [0.25, 0.3) is 0 Å². The molecule has 0 aliphatic rings. The molecule has 3 heteroatoms. The predicted octanol–water partition coefficient (Wildman–Crippen LogP) is 3.24. The van der Waals surface area contributed by atoms with Gasteiger partial charge in [-0.3, -0.25) is 0 Å². The Morgan fingerprint density at radius 1 is 1.11 bits per heavy atom. The quantitative estimate of drug-likeness (QED) is 0.731. The molecule has 0 aromatic heterocycles. The highest BCUT2D eigenvalue weighted by atomic mass is 16.5. The van der Waals surface area contributed by atoms with Crippen molar-refractivity contribution in [3.8, 4) is 11.5 Å². The zero-order valence-electron chi connectivity index (χ0n) is 11.7. The van der Waals surface area contributed by atoms with Crippen molar-refractivity contribution in [1.82, 2.24) is 5.32 Å². The first-order chi connectivity index (χ1) is 8.81. The zero-order valence-corrected chi connectivity index (χ0v) is 11.7. The zero-order chi connectivity index (χ0) is 13.2. The van der Waals surface area contributed by atoms with Gasteiger partial charge in [-0.15, -0.1) is 0 Å². The Morgan fingerprint density at radius 2 is 1.83 bits per heavy atom. The number of hydrogen-bond acceptors (Lipinski definition) is 3. The Morgan fingerprint density at radius 3 is 2.44 bits per heavy atom. The minimum absolute atomic E-state index is 0.417. The van der Waals surface area contributed by atoms with Gasteiger partial charge in [0, 0.05) is 6.04 Å². The van der Waals surface area contributed by atoms with Gasteiger partial charge in [0.05, 0.1) is 7.11 Å². The lowest BCUT2D eigenvalue weighted by atomic mass is 10.2. The van der Waals surface area contributed by atoms with E-state index >= 15 is 0 Å². The summed E-state index contributed by atoms with van der Waals surface area (Å²) in [6.07, 6.45) is 3.45. The van der Waals surface area contributed by atoms with E-state index in [1.54, 1.807) is 7.11 Å². The van der Waals surface area contributed by atoms with E-state index in [4.69, 9.17) is 9.47 Å². The van der Waals surface area contributed by atoms with Crippen molar-refractivity contribution in [2.75, 3.05) is 20.3 Å². The third-order valence-electron chi connectivity index (χ3n) is 2.83. The maximum Gasteiger partial charge on any atom is 0.161 e. The van der Waals surface area contributed by atoms with E-state index < -0.39 is 0 Å². The summed E-state index contributed by atoms with van der Waals surface area (Å²) in [6, 6.07) is 8.20. The van der Waals surface area contributed by atoms with Crippen LogP contribution in [0.2, 0.25) is 0 Å². The third-order valence-corrected chi connectivity index (χ3v) is 2.83. The smallest absolute Gasteiger partial charge is 0.161 e. The Hall–Kier alpha value is -1.22. The van der Waals surface area contributed by atoms with Gasteiger partial charge in [0.2, 0.25) is 0 Å². The molecule has 0 heterocycles. The molecule has 1 N–H and O–H groups in total. The van der Waals surface area contributed by atoms with Gasteiger partial charge >= 0.3 is 0 Å².